The minimum atomic E-state index is -0.178. The lowest BCUT2D eigenvalue weighted by atomic mass is 10.00. The van der Waals surface area contributed by atoms with Crippen molar-refractivity contribution in [2.75, 3.05) is 13.9 Å². The number of hydrogen-bond donors (Lipinski definition) is 3. The van der Waals surface area contributed by atoms with E-state index < -0.39 is 0 Å². The monoisotopic (exact) mass is 1100 g/mol. The van der Waals surface area contributed by atoms with E-state index in [-0.39, 0.29) is 35.3 Å². The van der Waals surface area contributed by atoms with Crippen molar-refractivity contribution in [2.24, 2.45) is 0 Å². The van der Waals surface area contributed by atoms with Crippen molar-refractivity contribution in [3.05, 3.63) is 168 Å². The van der Waals surface area contributed by atoms with Crippen LogP contribution in [0.1, 0.15) is 45.0 Å². The zero-order valence-electron chi connectivity index (χ0n) is 32.1. The maximum Gasteiger partial charge on any atom is 0.293 e. The summed E-state index contributed by atoms with van der Waals surface area (Å²) in [6, 6.07) is 46.2. The Morgan fingerprint density at radius 1 is 0.596 bits per heavy atom. The first kappa shape index (κ1) is 42.4. The number of para-hydroxylation sites is 2. The Morgan fingerprint density at radius 3 is 1.37 bits per heavy atom. The molecule has 15 heteroatoms. The predicted octanol–water partition coefficient (Wildman–Crippen LogP) is 13.9. The Labute approximate surface area is 383 Å². The van der Waals surface area contributed by atoms with Crippen molar-refractivity contribution in [1.29, 1.82) is 2.86 Å². The van der Waals surface area contributed by atoms with Gasteiger partial charge >= 0.3 is 0 Å². The maximum atomic E-state index is 9.58. The third kappa shape index (κ3) is 13.1. The fraction of sp³-hybridized carbons (Fsp3) is 0.143. The van der Waals surface area contributed by atoms with E-state index in [4.69, 9.17) is 21.8 Å². The molecule has 0 bridgehead atoms. The topological polar surface area (TPSA) is 97.6 Å². The first-order chi connectivity index (χ1) is 28.8. The van der Waals surface area contributed by atoms with Gasteiger partial charge in [0, 0.05) is 17.1 Å². The molecule has 6 aromatic rings. The van der Waals surface area contributed by atoms with E-state index in [9.17, 15) is 5.11 Å². The summed E-state index contributed by atoms with van der Waals surface area (Å²) < 4.78 is 37.2. The van der Waals surface area contributed by atoms with Crippen LogP contribution in [0, 0.1) is 0 Å². The largest absolute Gasteiger partial charge is 0.508 e. The SMILES string of the molecule is S=PI.S=PI.[3H]Oc1ccc([C@@H]2Sc3ccccc3O[C@@H]2c2ccc(O)cc2)cc1.[3H]Oc1ccc([C@@H]2Sc3ccccc3O[C@@H]2c2ccc(OCOC)cc2)cc1. The lowest BCUT2D eigenvalue weighted by Crippen LogP contribution is -2.19. The van der Waals surface area contributed by atoms with Gasteiger partial charge in [-0.25, -0.2) is 0 Å². The molecule has 57 heavy (non-hydrogen) atoms. The van der Waals surface area contributed by atoms with Gasteiger partial charge in [-0.15, -0.1) is 23.5 Å². The summed E-state index contributed by atoms with van der Waals surface area (Å²) >= 11 is 16.4. The number of phenolic OH excluding ortho intramolecular Hbond substituents is 3. The van der Waals surface area contributed by atoms with Crippen LogP contribution in [0.5, 0.6) is 34.5 Å². The van der Waals surface area contributed by atoms with Crippen molar-refractivity contribution < 1.29 is 34.3 Å². The van der Waals surface area contributed by atoms with E-state index >= 15 is 0 Å². The summed E-state index contributed by atoms with van der Waals surface area (Å²) in [6.45, 7) is 0.218. The van der Waals surface area contributed by atoms with Crippen molar-refractivity contribution in [1.82, 2.24) is 0 Å². The molecule has 0 radical (unpaired) electrons. The molecule has 0 unspecified atom stereocenters. The van der Waals surface area contributed by atoms with Gasteiger partial charge in [0.15, 0.2) is 6.79 Å². The molecule has 6 aromatic carbocycles. The normalized spacial score (nSPS) is 17.9. The number of halogens is 2. The molecule has 0 fully saturated rings. The standard InChI is InChI=1S/C22H20O4S.C20H16O3S.2IPS/c1-24-14-25-18-12-8-15(9-13-18)21-22(16-6-10-17(23)11-7-16)27-20-5-3-2-4-19(20)26-21;21-15-9-5-13(6-10-15)19-20(14-7-11-16(22)12-8-14)24-18-4-2-1-3-17(18)23-19;2*1-2-3/h2-13,21-23H,14H2,1H3;1-12,19-22H;;/t21-,22+;19-,20+;;/m11../s1/i/hT2. The fourth-order valence-electron chi connectivity index (χ4n) is 5.92. The summed E-state index contributed by atoms with van der Waals surface area (Å²) in [5.74, 6) is 3.77. The van der Waals surface area contributed by atoms with Gasteiger partial charge in [0.2, 0.25) is 0 Å². The molecule has 2 aliphatic rings. The summed E-state index contributed by atoms with van der Waals surface area (Å²) in [4.78, 5) is 4.16. The van der Waals surface area contributed by atoms with Crippen molar-refractivity contribution in [2.45, 2.75) is 32.5 Å². The van der Waals surface area contributed by atoms with E-state index in [1.54, 1.807) is 54.9 Å². The molecule has 2 aliphatic heterocycles. The average molecular weight is 1100 g/mol. The first-order valence-corrected chi connectivity index (χ1v) is 28.2. The lowest BCUT2D eigenvalue weighted by Gasteiger charge is -2.33. The van der Waals surface area contributed by atoms with E-state index in [0.29, 0.717) is 11.5 Å². The van der Waals surface area contributed by atoms with Crippen molar-refractivity contribution in [3.8, 4) is 34.5 Å². The van der Waals surface area contributed by atoms with Gasteiger partial charge in [-0.3, -0.25) is 0 Å². The predicted molar refractivity (Wildman–Crippen MR) is 257 cm³/mol. The minimum absolute atomic E-state index is 0.0548. The average Bonchev–Trinajstić information content (AvgIpc) is 3.29. The fourth-order valence-corrected chi connectivity index (χ4v) is 8.50. The number of hydrogen-bond acceptors (Lipinski definition) is 11. The highest BCUT2D eigenvalue weighted by molar-refractivity contribution is 14.2. The van der Waals surface area contributed by atoms with Crippen LogP contribution in [0.25, 0.3) is 0 Å². The molecule has 7 nitrogen and oxygen atoms in total. The van der Waals surface area contributed by atoms with E-state index in [0.717, 1.165) is 59.3 Å². The molecule has 0 aromatic heterocycles. The van der Waals surface area contributed by atoms with Crippen LogP contribution in [0.2, 0.25) is 0 Å². The lowest BCUT2D eigenvalue weighted by molar-refractivity contribution is 0.0511. The van der Waals surface area contributed by atoms with Crippen molar-refractivity contribution >= 4 is 101 Å². The second-order valence-corrected chi connectivity index (χ2v) is 22.6. The van der Waals surface area contributed by atoms with Crippen LogP contribution in [-0.4, -0.2) is 32.1 Å². The van der Waals surface area contributed by atoms with Crippen LogP contribution < -0.4 is 14.2 Å². The molecule has 0 saturated carbocycles. The second-order valence-electron chi connectivity index (χ2n) is 12.0. The van der Waals surface area contributed by atoms with E-state index in [1.807, 2.05) is 109 Å². The van der Waals surface area contributed by atoms with Gasteiger partial charge in [0.05, 0.1) is 20.3 Å². The summed E-state index contributed by atoms with van der Waals surface area (Å²) in [5, 5.41) is 18.8. The maximum absolute atomic E-state index is 9.58. The highest BCUT2D eigenvalue weighted by Crippen LogP contribution is 2.54. The highest BCUT2D eigenvalue weighted by atomic mass is 127. The van der Waals surface area contributed by atoms with Gasteiger partial charge < -0.3 is 34.3 Å². The Balaban J connectivity index is 0.000000199. The molecule has 4 atom stereocenters. The van der Waals surface area contributed by atoms with Crippen molar-refractivity contribution in [3.63, 3.8) is 0 Å². The summed E-state index contributed by atoms with van der Waals surface area (Å²) in [5.41, 5.74) is 4.28. The van der Waals surface area contributed by atoms with Gasteiger partial charge in [0.1, 0.15) is 46.7 Å². The van der Waals surface area contributed by atoms with Crippen LogP contribution in [0.3, 0.4) is 0 Å². The molecule has 8 rings (SSSR count). The number of methoxy groups -OCH3 is 1. The van der Waals surface area contributed by atoms with Crippen LogP contribution >= 0.6 is 77.6 Å². The molecule has 0 amide bonds. The quantitative estimate of drug-likeness (QED) is 0.0734. The Morgan fingerprint density at radius 2 is 0.965 bits per heavy atom. The smallest absolute Gasteiger partial charge is 0.293 e. The number of fused-ring (bicyclic) bond motifs is 2. The zero-order valence-corrected chi connectivity index (χ0v) is 39.4. The molecule has 0 aliphatic carbocycles. The first-order valence-electron chi connectivity index (χ1n) is 17.9. The van der Waals surface area contributed by atoms with Crippen LogP contribution in [0.4, 0.5) is 0 Å². The molecule has 294 valence electrons. The van der Waals surface area contributed by atoms with E-state index in [2.05, 4.69) is 90.0 Å². The Kier molecular flexibility index (Phi) is 17.7. The summed E-state index contributed by atoms with van der Waals surface area (Å²) in [7, 11) is 1.60. The molecule has 2 heterocycles. The Hall–Kier alpha value is -2.72. The molecule has 0 spiro atoms. The Bertz CT molecular complexity index is 2210. The second kappa shape index (κ2) is 23.8. The van der Waals surface area contributed by atoms with Gasteiger partial charge in [-0.1, -0.05) is 72.8 Å². The number of rotatable bonds is 9. The molecular weight excluding hydrogens is 1060 g/mol. The van der Waals surface area contributed by atoms with Gasteiger partial charge in [0.25, 0.3) is 2.86 Å². The van der Waals surface area contributed by atoms with Gasteiger partial charge in [-0.05, 0) is 163 Å². The highest BCUT2D eigenvalue weighted by Gasteiger charge is 2.34. The molecular formula is C42H36I2O7P2S4. The van der Waals surface area contributed by atoms with Crippen LogP contribution in [-0.2, 0) is 28.4 Å². The van der Waals surface area contributed by atoms with Crippen LogP contribution in [0.15, 0.2) is 155 Å². The summed E-state index contributed by atoms with van der Waals surface area (Å²) in [6.07, 6.45) is -0.331. The number of aromatic hydroxyl groups is 3. The number of thioether (sulfide) groups is 2. The molecule has 3 N–H and O–H groups in total. The number of phenols is 3. The molecule has 0 saturated heterocycles. The third-order valence-electron chi connectivity index (χ3n) is 8.45. The van der Waals surface area contributed by atoms with E-state index in [1.165, 1.54) is 0 Å². The number of ether oxygens (including phenoxy) is 4. The zero-order chi connectivity index (χ0) is 42.0. The van der Waals surface area contributed by atoms with Gasteiger partial charge in [-0.2, -0.15) is 0 Å². The number of benzene rings is 6. The third-order valence-corrected chi connectivity index (χ3v) is 11.2. The minimum Gasteiger partial charge on any atom is -0.508 e.